The van der Waals surface area contributed by atoms with Gasteiger partial charge < -0.3 is 9.72 Å². The molecular formula is C11H12ClN3O. The average Bonchev–Trinajstić information content (AvgIpc) is 2.57. The lowest BCUT2D eigenvalue weighted by Crippen LogP contribution is -1.97. The Morgan fingerprint density at radius 1 is 1.56 bits per heavy atom. The lowest BCUT2D eigenvalue weighted by molar-refractivity contribution is 0.298. The summed E-state index contributed by atoms with van der Waals surface area (Å²) in [6, 6.07) is 1.91. The Kier molecular flexibility index (Phi) is 2.83. The first kappa shape index (κ1) is 11.0. The number of ether oxygens (including phenoxy) is 1. The number of H-pyrrole nitrogens is 1. The van der Waals surface area contributed by atoms with E-state index in [1.165, 1.54) is 0 Å². The van der Waals surface area contributed by atoms with Crippen molar-refractivity contribution in [1.29, 1.82) is 0 Å². The van der Waals surface area contributed by atoms with Crippen LogP contribution in [0, 0.1) is 6.92 Å². The molecule has 0 amide bonds. The zero-order chi connectivity index (χ0) is 11.7. The molecule has 16 heavy (non-hydrogen) atoms. The van der Waals surface area contributed by atoms with Crippen molar-refractivity contribution < 1.29 is 4.74 Å². The Hall–Kier alpha value is -1.55. The molecule has 5 heteroatoms. The molecule has 2 aromatic rings. The molecule has 84 valence electrons. The largest absolute Gasteiger partial charge is 0.492 e. The van der Waals surface area contributed by atoms with Crippen LogP contribution in [0.2, 0.25) is 5.28 Å². The first-order valence-electron chi connectivity index (χ1n) is 4.96. The highest BCUT2D eigenvalue weighted by Crippen LogP contribution is 2.23. The van der Waals surface area contributed by atoms with Crippen LogP contribution in [0.15, 0.2) is 12.6 Å². The van der Waals surface area contributed by atoms with Gasteiger partial charge in [-0.1, -0.05) is 6.58 Å². The van der Waals surface area contributed by atoms with Crippen LogP contribution in [0.1, 0.15) is 18.3 Å². The number of halogens is 1. The third-order valence-electron chi connectivity index (χ3n) is 2.17. The summed E-state index contributed by atoms with van der Waals surface area (Å²) in [7, 11) is 0. The van der Waals surface area contributed by atoms with E-state index in [0.29, 0.717) is 18.1 Å². The average molecular weight is 238 g/mol. The van der Waals surface area contributed by atoms with Gasteiger partial charge in [0.1, 0.15) is 11.5 Å². The summed E-state index contributed by atoms with van der Waals surface area (Å²) in [6.45, 7) is 8.21. The lowest BCUT2D eigenvalue weighted by atomic mass is 10.3. The lowest BCUT2D eigenvalue weighted by Gasteiger charge is -2.07. The van der Waals surface area contributed by atoms with Gasteiger partial charge >= 0.3 is 0 Å². The fraction of sp³-hybridized carbons (Fsp3) is 0.273. The fourth-order valence-electron chi connectivity index (χ4n) is 1.56. The Balaban J connectivity index is 2.62. The van der Waals surface area contributed by atoms with E-state index in [9.17, 15) is 0 Å². The second-order valence-electron chi connectivity index (χ2n) is 3.41. The molecule has 0 aliphatic rings. The molecule has 0 saturated heterocycles. The second-order valence-corrected chi connectivity index (χ2v) is 3.75. The van der Waals surface area contributed by atoms with Crippen LogP contribution in [0.3, 0.4) is 0 Å². The number of nitrogens with one attached hydrogen (secondary N) is 1. The number of hydrogen-bond donors (Lipinski definition) is 1. The number of aromatic nitrogens is 3. The highest BCUT2D eigenvalue weighted by Gasteiger charge is 2.12. The molecule has 4 nitrogen and oxygen atoms in total. The molecular weight excluding hydrogens is 226 g/mol. The second kappa shape index (κ2) is 4.14. The third-order valence-corrected chi connectivity index (χ3v) is 2.34. The Labute approximate surface area is 98.3 Å². The molecule has 0 spiro atoms. The summed E-state index contributed by atoms with van der Waals surface area (Å²) in [5.41, 5.74) is 3.19. The summed E-state index contributed by atoms with van der Waals surface area (Å²) in [5, 5.41) is 0.197. The van der Waals surface area contributed by atoms with Gasteiger partial charge in [0.05, 0.1) is 17.6 Å². The third kappa shape index (κ3) is 1.88. The monoisotopic (exact) mass is 237 g/mol. The number of aryl methyl sites for hydroxylation is 1. The molecule has 0 saturated carbocycles. The van der Waals surface area contributed by atoms with E-state index in [2.05, 4.69) is 21.5 Å². The number of aromatic amines is 1. The molecule has 0 aliphatic carbocycles. The summed E-state index contributed by atoms with van der Waals surface area (Å²) >= 11 is 5.84. The predicted octanol–water partition coefficient (Wildman–Crippen LogP) is 2.93. The quantitative estimate of drug-likeness (QED) is 0.660. The maximum Gasteiger partial charge on any atom is 0.223 e. The van der Waals surface area contributed by atoms with Gasteiger partial charge in [0.25, 0.3) is 0 Å². The molecule has 2 heterocycles. The molecule has 1 N–H and O–H groups in total. The molecule has 2 aromatic heterocycles. The van der Waals surface area contributed by atoms with Crippen LogP contribution in [-0.4, -0.2) is 21.6 Å². The van der Waals surface area contributed by atoms with E-state index in [0.717, 1.165) is 16.7 Å². The van der Waals surface area contributed by atoms with Gasteiger partial charge in [0.15, 0.2) is 0 Å². The van der Waals surface area contributed by atoms with Crippen molar-refractivity contribution in [2.75, 3.05) is 6.61 Å². The van der Waals surface area contributed by atoms with Gasteiger partial charge in [-0.05, 0) is 31.5 Å². The molecule has 0 atom stereocenters. The zero-order valence-corrected chi connectivity index (χ0v) is 9.93. The Morgan fingerprint density at radius 2 is 2.31 bits per heavy atom. The summed E-state index contributed by atoms with van der Waals surface area (Å²) in [4.78, 5) is 11.4. The van der Waals surface area contributed by atoms with E-state index in [-0.39, 0.29) is 5.28 Å². The summed E-state index contributed by atoms with van der Waals surface area (Å²) in [5.74, 6) is 0.499. The van der Waals surface area contributed by atoms with Crippen molar-refractivity contribution >= 4 is 28.4 Å². The van der Waals surface area contributed by atoms with Gasteiger partial charge in [0, 0.05) is 5.69 Å². The van der Waals surface area contributed by atoms with Gasteiger partial charge in [-0.3, -0.25) is 0 Å². The van der Waals surface area contributed by atoms with Gasteiger partial charge in [-0.2, -0.15) is 0 Å². The molecule has 0 fully saturated rings. The normalized spacial score (nSPS) is 10.7. The van der Waals surface area contributed by atoms with Gasteiger partial charge in [0.2, 0.25) is 5.28 Å². The summed E-state index contributed by atoms with van der Waals surface area (Å²) < 4.78 is 5.34. The maximum absolute atomic E-state index is 5.84. The van der Waals surface area contributed by atoms with Crippen LogP contribution in [0.5, 0.6) is 0 Å². The Morgan fingerprint density at radius 3 is 3.00 bits per heavy atom. The van der Waals surface area contributed by atoms with Gasteiger partial charge in [-0.15, -0.1) is 0 Å². The predicted molar refractivity (Wildman–Crippen MR) is 64.3 cm³/mol. The zero-order valence-electron chi connectivity index (χ0n) is 9.17. The van der Waals surface area contributed by atoms with Crippen LogP contribution < -0.4 is 0 Å². The van der Waals surface area contributed by atoms with Crippen LogP contribution in [0.25, 0.3) is 16.8 Å². The van der Waals surface area contributed by atoms with Crippen LogP contribution in [-0.2, 0) is 4.74 Å². The number of hydrogen-bond acceptors (Lipinski definition) is 3. The Bertz CT molecular complexity index is 547. The molecule has 0 bridgehead atoms. The highest BCUT2D eigenvalue weighted by molar-refractivity contribution is 6.28. The van der Waals surface area contributed by atoms with Crippen molar-refractivity contribution in [3.05, 3.63) is 29.3 Å². The van der Waals surface area contributed by atoms with E-state index >= 15 is 0 Å². The first-order chi connectivity index (χ1) is 7.61. The SMILES string of the molecule is C=C(OCC)c1nc(Cl)nc2cc(C)[nH]c12. The minimum atomic E-state index is 0.197. The smallest absolute Gasteiger partial charge is 0.223 e. The maximum atomic E-state index is 5.84. The van der Waals surface area contributed by atoms with Crippen molar-refractivity contribution in [3.63, 3.8) is 0 Å². The summed E-state index contributed by atoms with van der Waals surface area (Å²) in [6.07, 6.45) is 0. The number of fused-ring (bicyclic) bond motifs is 1. The van der Waals surface area contributed by atoms with Crippen molar-refractivity contribution in [2.24, 2.45) is 0 Å². The van der Waals surface area contributed by atoms with Crippen molar-refractivity contribution in [3.8, 4) is 0 Å². The molecule has 0 radical (unpaired) electrons. The van der Waals surface area contributed by atoms with E-state index in [1.807, 2.05) is 19.9 Å². The molecule has 0 aromatic carbocycles. The number of rotatable bonds is 3. The molecule has 0 unspecified atom stereocenters. The first-order valence-corrected chi connectivity index (χ1v) is 5.34. The minimum absolute atomic E-state index is 0.197. The van der Waals surface area contributed by atoms with E-state index in [4.69, 9.17) is 16.3 Å². The van der Waals surface area contributed by atoms with E-state index < -0.39 is 0 Å². The van der Waals surface area contributed by atoms with Crippen LogP contribution >= 0.6 is 11.6 Å². The topological polar surface area (TPSA) is 50.8 Å². The molecule has 0 aliphatic heterocycles. The van der Waals surface area contributed by atoms with Crippen molar-refractivity contribution in [1.82, 2.24) is 15.0 Å². The van der Waals surface area contributed by atoms with Crippen molar-refractivity contribution in [2.45, 2.75) is 13.8 Å². The fourth-order valence-corrected chi connectivity index (χ4v) is 1.74. The van der Waals surface area contributed by atoms with Crippen LogP contribution in [0.4, 0.5) is 0 Å². The highest BCUT2D eigenvalue weighted by atomic mass is 35.5. The standard InChI is InChI=1S/C11H12ClN3O/c1-4-16-7(3)9-10-8(5-6(2)13-10)14-11(12)15-9/h5,13H,3-4H2,1-2H3. The number of nitrogens with zero attached hydrogens (tertiary/aromatic N) is 2. The molecule has 2 rings (SSSR count). The minimum Gasteiger partial charge on any atom is -0.492 e. The van der Waals surface area contributed by atoms with Gasteiger partial charge in [-0.25, -0.2) is 9.97 Å². The van der Waals surface area contributed by atoms with E-state index in [1.54, 1.807) is 0 Å².